The largest absolute Gasteiger partial charge is 0.444 e. The summed E-state index contributed by atoms with van der Waals surface area (Å²) in [5.41, 5.74) is 3.25. The lowest BCUT2D eigenvalue weighted by molar-refractivity contribution is -0.136. The Morgan fingerprint density at radius 3 is 2.49 bits per heavy atom. The standard InChI is InChI=1S/C36H43N5O5S/c1-23(24-9-7-6-8-10-24)17-29(42)40-15-13-36(45,14-16-40)21-41-22-37-30-31(33(41)43)38-47-32(30)26-12-11-25-19-28(20-27(25)18-26)39(5)34(44)46-35(2,3)4/h6-12,18,22-23,28,45H,13-17,19-21H2,1-5H3. The Bertz CT molecular complexity index is 1840. The molecule has 11 heteroatoms. The van der Waals surface area contributed by atoms with E-state index in [0.717, 1.165) is 28.0 Å². The second-order valence-electron chi connectivity index (χ2n) is 14.1. The number of ether oxygens (including phenoxy) is 1. The minimum atomic E-state index is -1.12. The van der Waals surface area contributed by atoms with Crippen molar-refractivity contribution in [2.45, 2.75) is 89.5 Å². The Balaban J connectivity index is 1.11. The summed E-state index contributed by atoms with van der Waals surface area (Å²) in [7, 11) is 1.78. The van der Waals surface area contributed by atoms with Crippen molar-refractivity contribution in [1.29, 1.82) is 0 Å². The number of rotatable bonds is 7. The Morgan fingerprint density at radius 2 is 1.79 bits per heavy atom. The Hall–Kier alpha value is -4.09. The van der Waals surface area contributed by atoms with Gasteiger partial charge in [-0.1, -0.05) is 49.4 Å². The van der Waals surface area contributed by atoms with Gasteiger partial charge in [-0.25, -0.2) is 9.78 Å². The number of aromatic nitrogens is 3. The average Bonchev–Trinajstić information content (AvgIpc) is 3.66. The molecular weight excluding hydrogens is 614 g/mol. The van der Waals surface area contributed by atoms with Crippen LogP contribution in [0.15, 0.2) is 59.7 Å². The molecule has 3 heterocycles. The molecule has 1 N–H and O–H groups in total. The van der Waals surface area contributed by atoms with Crippen molar-refractivity contribution in [3.05, 3.63) is 81.9 Å². The summed E-state index contributed by atoms with van der Waals surface area (Å²) in [6.07, 6.45) is 3.81. The lowest BCUT2D eigenvalue weighted by atomic mass is 9.90. The maximum atomic E-state index is 13.5. The molecule has 6 rings (SSSR count). The number of carbonyl (C=O) groups is 2. The number of nitrogens with zero attached hydrogens (tertiary/aromatic N) is 5. The van der Waals surface area contributed by atoms with Gasteiger partial charge in [-0.2, -0.15) is 4.37 Å². The van der Waals surface area contributed by atoms with Gasteiger partial charge in [0.05, 0.1) is 23.4 Å². The fourth-order valence-electron chi connectivity index (χ4n) is 6.59. The summed E-state index contributed by atoms with van der Waals surface area (Å²) in [6.45, 7) is 8.61. The quantitative estimate of drug-likeness (QED) is 0.283. The van der Waals surface area contributed by atoms with E-state index >= 15 is 0 Å². The molecule has 2 unspecified atom stereocenters. The van der Waals surface area contributed by atoms with Gasteiger partial charge in [0, 0.05) is 32.6 Å². The molecule has 1 aliphatic heterocycles. The first-order valence-electron chi connectivity index (χ1n) is 16.3. The molecule has 0 saturated carbocycles. The van der Waals surface area contributed by atoms with Gasteiger partial charge in [0.1, 0.15) is 11.1 Å². The first-order valence-corrected chi connectivity index (χ1v) is 17.1. The van der Waals surface area contributed by atoms with Crippen molar-refractivity contribution < 1.29 is 19.4 Å². The van der Waals surface area contributed by atoms with Gasteiger partial charge >= 0.3 is 6.09 Å². The van der Waals surface area contributed by atoms with E-state index in [9.17, 15) is 19.5 Å². The van der Waals surface area contributed by atoms with Crippen LogP contribution in [0.1, 0.15) is 69.6 Å². The van der Waals surface area contributed by atoms with Crippen LogP contribution in [0.5, 0.6) is 0 Å². The average molecular weight is 658 g/mol. The van der Waals surface area contributed by atoms with Crippen LogP contribution < -0.4 is 5.56 Å². The van der Waals surface area contributed by atoms with Crippen LogP contribution in [0.3, 0.4) is 0 Å². The van der Waals surface area contributed by atoms with Crippen LogP contribution >= 0.6 is 11.5 Å². The number of amides is 2. The first-order chi connectivity index (χ1) is 22.3. The number of fused-ring (bicyclic) bond motifs is 2. The second kappa shape index (κ2) is 12.8. The fourth-order valence-corrected chi connectivity index (χ4v) is 7.41. The van der Waals surface area contributed by atoms with Gasteiger partial charge < -0.3 is 19.6 Å². The minimum absolute atomic E-state index is 0.00673. The summed E-state index contributed by atoms with van der Waals surface area (Å²) in [5, 5.41) is 11.4. The number of hydrogen-bond donors (Lipinski definition) is 1. The highest BCUT2D eigenvalue weighted by molar-refractivity contribution is 7.11. The smallest absolute Gasteiger partial charge is 0.410 e. The van der Waals surface area contributed by atoms with E-state index in [4.69, 9.17) is 4.74 Å². The zero-order chi connectivity index (χ0) is 33.5. The normalized spacial score (nSPS) is 18.2. The van der Waals surface area contributed by atoms with Crippen molar-refractivity contribution >= 4 is 34.6 Å². The molecule has 0 radical (unpaired) electrons. The number of benzene rings is 2. The predicted molar refractivity (Wildman–Crippen MR) is 183 cm³/mol. The number of carbonyl (C=O) groups excluding carboxylic acids is 2. The molecule has 248 valence electrons. The van der Waals surface area contributed by atoms with Crippen molar-refractivity contribution in [3.8, 4) is 10.4 Å². The number of piperidine rings is 1. The van der Waals surface area contributed by atoms with Crippen molar-refractivity contribution in [2.75, 3.05) is 20.1 Å². The fraction of sp³-hybridized carbons (Fsp3) is 0.472. The molecule has 10 nitrogen and oxygen atoms in total. The number of aliphatic hydroxyl groups is 1. The summed E-state index contributed by atoms with van der Waals surface area (Å²) >= 11 is 1.24. The van der Waals surface area contributed by atoms with Crippen molar-refractivity contribution in [2.24, 2.45) is 0 Å². The molecular formula is C36H43N5O5S. The van der Waals surface area contributed by atoms with E-state index in [1.54, 1.807) is 11.9 Å². The molecule has 0 bridgehead atoms. The van der Waals surface area contributed by atoms with Crippen LogP contribution in [-0.2, 0) is 28.9 Å². The molecule has 47 heavy (non-hydrogen) atoms. The van der Waals surface area contributed by atoms with Crippen LogP contribution in [0.25, 0.3) is 21.5 Å². The van der Waals surface area contributed by atoms with Crippen LogP contribution in [-0.4, -0.2) is 78.2 Å². The molecule has 2 aromatic carbocycles. The second-order valence-corrected chi connectivity index (χ2v) is 14.9. The summed E-state index contributed by atoms with van der Waals surface area (Å²) < 4.78 is 11.5. The monoisotopic (exact) mass is 657 g/mol. The highest BCUT2D eigenvalue weighted by Crippen LogP contribution is 2.35. The minimum Gasteiger partial charge on any atom is -0.444 e. The highest BCUT2D eigenvalue weighted by atomic mass is 32.1. The third-order valence-corrected chi connectivity index (χ3v) is 10.3. The van der Waals surface area contributed by atoms with Crippen LogP contribution in [0.2, 0.25) is 0 Å². The van der Waals surface area contributed by atoms with E-state index in [2.05, 4.69) is 28.4 Å². The summed E-state index contributed by atoms with van der Waals surface area (Å²) in [5.74, 6) is 0.194. The van der Waals surface area contributed by atoms with E-state index in [-0.39, 0.29) is 41.6 Å². The maximum Gasteiger partial charge on any atom is 0.410 e. The van der Waals surface area contributed by atoms with Gasteiger partial charge in [-0.05, 0) is 92.2 Å². The zero-order valence-corrected chi connectivity index (χ0v) is 28.5. The lowest BCUT2D eigenvalue weighted by Gasteiger charge is -2.38. The van der Waals surface area contributed by atoms with Gasteiger partial charge in [0.15, 0.2) is 5.52 Å². The van der Waals surface area contributed by atoms with Crippen LogP contribution in [0.4, 0.5) is 4.79 Å². The molecule has 1 aliphatic carbocycles. The number of likely N-dealkylation sites (N-methyl/N-ethyl adjacent to an activating group) is 1. The zero-order valence-electron chi connectivity index (χ0n) is 27.7. The van der Waals surface area contributed by atoms with E-state index in [0.29, 0.717) is 44.3 Å². The summed E-state index contributed by atoms with van der Waals surface area (Å²) in [4.78, 5) is 48.1. The van der Waals surface area contributed by atoms with Crippen LogP contribution in [0, 0.1) is 0 Å². The molecule has 2 atom stereocenters. The van der Waals surface area contributed by atoms with Gasteiger partial charge in [0.2, 0.25) is 5.91 Å². The SMILES string of the molecule is CC(CC(=O)N1CCC(O)(Cn2cnc3c(-c4ccc5c(c4)CC(N(C)C(=O)OC(C)(C)C)C5)snc3c2=O)CC1)c1ccccc1. The molecule has 2 aromatic heterocycles. The van der Waals surface area contributed by atoms with Crippen molar-refractivity contribution in [3.63, 3.8) is 0 Å². The van der Waals surface area contributed by atoms with Gasteiger partial charge in [0.25, 0.3) is 5.56 Å². The number of hydrogen-bond acceptors (Lipinski definition) is 8. The Morgan fingerprint density at radius 1 is 1.09 bits per heavy atom. The molecule has 0 spiro atoms. The van der Waals surface area contributed by atoms with Gasteiger partial charge in [-0.3, -0.25) is 14.2 Å². The maximum absolute atomic E-state index is 13.5. The topological polar surface area (TPSA) is 118 Å². The molecule has 2 aliphatic rings. The lowest BCUT2D eigenvalue weighted by Crippen LogP contribution is -2.49. The molecule has 1 fully saturated rings. The molecule has 1 saturated heterocycles. The Labute approximate surface area is 279 Å². The van der Waals surface area contributed by atoms with E-state index in [1.165, 1.54) is 28.0 Å². The first kappa shape index (κ1) is 32.8. The molecule has 2 amide bonds. The predicted octanol–water partition coefficient (Wildman–Crippen LogP) is 5.40. The van der Waals surface area contributed by atoms with E-state index < -0.39 is 11.2 Å². The third-order valence-electron chi connectivity index (χ3n) is 9.43. The Kier molecular flexibility index (Phi) is 8.97. The summed E-state index contributed by atoms with van der Waals surface area (Å²) in [6, 6.07) is 16.2. The highest BCUT2D eigenvalue weighted by Gasteiger charge is 2.35. The third kappa shape index (κ3) is 7.11. The van der Waals surface area contributed by atoms with Gasteiger partial charge in [-0.15, -0.1) is 0 Å². The van der Waals surface area contributed by atoms with Crippen molar-refractivity contribution in [1.82, 2.24) is 23.7 Å². The van der Waals surface area contributed by atoms with E-state index in [1.807, 2.05) is 62.1 Å². The number of likely N-dealkylation sites (tertiary alicyclic amines) is 1. The molecule has 4 aromatic rings.